The molecule has 1 amide bonds. The van der Waals surface area contributed by atoms with E-state index in [1.807, 2.05) is 4.90 Å². The largest absolute Gasteiger partial charge is 0.339 e. The van der Waals surface area contributed by atoms with Crippen LogP contribution in [0.2, 0.25) is 0 Å². The van der Waals surface area contributed by atoms with Gasteiger partial charge < -0.3 is 14.7 Å². The van der Waals surface area contributed by atoms with Crippen molar-refractivity contribution in [2.45, 2.75) is 45.6 Å². The van der Waals surface area contributed by atoms with E-state index in [1.165, 1.54) is 12.8 Å². The lowest BCUT2D eigenvalue weighted by molar-refractivity contribution is 0.0716. The SMILES string of the molecule is CCCN(CC1CCCCN1)C(=O)c1noc(C)n1. The maximum Gasteiger partial charge on any atom is 0.295 e. The number of nitrogens with one attached hydrogen (secondary N) is 1. The lowest BCUT2D eigenvalue weighted by Gasteiger charge is -2.29. The molecule has 1 aromatic rings. The van der Waals surface area contributed by atoms with E-state index in [0.717, 1.165) is 32.5 Å². The molecule has 1 saturated heterocycles. The summed E-state index contributed by atoms with van der Waals surface area (Å²) in [7, 11) is 0. The van der Waals surface area contributed by atoms with Gasteiger partial charge in [-0.15, -0.1) is 0 Å². The second kappa shape index (κ2) is 6.65. The minimum Gasteiger partial charge on any atom is -0.339 e. The number of aromatic nitrogens is 2. The van der Waals surface area contributed by atoms with Gasteiger partial charge in [-0.2, -0.15) is 4.98 Å². The van der Waals surface area contributed by atoms with Gasteiger partial charge in [-0.3, -0.25) is 4.79 Å². The van der Waals surface area contributed by atoms with Crippen molar-refractivity contribution in [1.29, 1.82) is 0 Å². The summed E-state index contributed by atoms with van der Waals surface area (Å²) in [6.07, 6.45) is 4.50. The van der Waals surface area contributed by atoms with Gasteiger partial charge in [0.25, 0.3) is 11.7 Å². The Balaban J connectivity index is 1.99. The lowest BCUT2D eigenvalue weighted by Crippen LogP contribution is -2.46. The van der Waals surface area contributed by atoms with Crippen LogP contribution in [0.3, 0.4) is 0 Å². The van der Waals surface area contributed by atoms with Crippen molar-refractivity contribution in [3.63, 3.8) is 0 Å². The molecule has 0 aromatic carbocycles. The Hall–Kier alpha value is -1.43. The molecular formula is C13H22N4O2. The highest BCUT2D eigenvalue weighted by Gasteiger charge is 2.24. The predicted octanol–water partition coefficient (Wildman–Crippen LogP) is 1.37. The first kappa shape index (κ1) is 14.0. The summed E-state index contributed by atoms with van der Waals surface area (Å²) in [5.41, 5.74) is 0. The second-order valence-electron chi connectivity index (χ2n) is 5.04. The van der Waals surface area contributed by atoms with Crippen molar-refractivity contribution in [1.82, 2.24) is 20.4 Å². The van der Waals surface area contributed by atoms with E-state index in [9.17, 15) is 4.79 Å². The molecule has 2 rings (SSSR count). The standard InChI is InChI=1S/C13H22N4O2/c1-3-8-17(9-11-6-4-5-7-14-11)13(18)12-15-10(2)19-16-12/h11,14H,3-9H2,1-2H3. The Morgan fingerprint density at radius 1 is 1.53 bits per heavy atom. The minimum atomic E-state index is -0.133. The van der Waals surface area contributed by atoms with Gasteiger partial charge in [-0.05, 0) is 25.8 Å². The maximum absolute atomic E-state index is 12.3. The smallest absolute Gasteiger partial charge is 0.295 e. The minimum absolute atomic E-state index is 0.133. The molecule has 19 heavy (non-hydrogen) atoms. The predicted molar refractivity (Wildman–Crippen MR) is 70.9 cm³/mol. The van der Waals surface area contributed by atoms with Crippen molar-refractivity contribution in [3.8, 4) is 0 Å². The van der Waals surface area contributed by atoms with E-state index < -0.39 is 0 Å². The van der Waals surface area contributed by atoms with Gasteiger partial charge in [-0.1, -0.05) is 18.5 Å². The van der Waals surface area contributed by atoms with E-state index in [2.05, 4.69) is 22.4 Å². The van der Waals surface area contributed by atoms with Gasteiger partial charge in [0.15, 0.2) is 0 Å². The zero-order valence-corrected chi connectivity index (χ0v) is 11.7. The zero-order valence-electron chi connectivity index (χ0n) is 11.7. The quantitative estimate of drug-likeness (QED) is 0.871. The summed E-state index contributed by atoms with van der Waals surface area (Å²) in [4.78, 5) is 18.2. The molecule has 6 nitrogen and oxygen atoms in total. The molecule has 6 heteroatoms. The van der Waals surface area contributed by atoms with Crippen LogP contribution >= 0.6 is 0 Å². The first-order chi connectivity index (χ1) is 9.20. The summed E-state index contributed by atoms with van der Waals surface area (Å²) >= 11 is 0. The number of nitrogens with zero attached hydrogens (tertiary/aromatic N) is 3. The molecule has 0 bridgehead atoms. The Bertz CT molecular complexity index is 413. The molecule has 0 radical (unpaired) electrons. The normalized spacial score (nSPS) is 19.4. The van der Waals surface area contributed by atoms with E-state index in [0.29, 0.717) is 11.9 Å². The van der Waals surface area contributed by atoms with Gasteiger partial charge in [0.2, 0.25) is 5.89 Å². The summed E-state index contributed by atoms with van der Waals surface area (Å²) in [6.45, 7) is 6.25. The van der Waals surface area contributed by atoms with Crippen molar-refractivity contribution in [3.05, 3.63) is 11.7 Å². The van der Waals surface area contributed by atoms with Gasteiger partial charge in [0.1, 0.15) is 0 Å². The van der Waals surface area contributed by atoms with Crippen LogP contribution in [0.25, 0.3) is 0 Å². The number of hydrogen-bond donors (Lipinski definition) is 1. The first-order valence-electron chi connectivity index (χ1n) is 7.03. The molecule has 1 atom stereocenters. The molecule has 0 spiro atoms. The molecule has 0 aliphatic carbocycles. The van der Waals surface area contributed by atoms with Crippen LogP contribution in [0.5, 0.6) is 0 Å². The van der Waals surface area contributed by atoms with Gasteiger partial charge in [0.05, 0.1) is 0 Å². The molecule has 1 aliphatic rings. The third-order valence-corrected chi connectivity index (χ3v) is 3.35. The van der Waals surface area contributed by atoms with E-state index in [4.69, 9.17) is 4.52 Å². The van der Waals surface area contributed by atoms with Crippen LogP contribution < -0.4 is 5.32 Å². The molecule has 2 heterocycles. The van der Waals surface area contributed by atoms with Crippen molar-refractivity contribution in [2.75, 3.05) is 19.6 Å². The van der Waals surface area contributed by atoms with Gasteiger partial charge in [-0.25, -0.2) is 0 Å². The molecule has 1 aliphatic heterocycles. The average Bonchev–Trinajstić information content (AvgIpc) is 2.85. The van der Waals surface area contributed by atoms with Crippen molar-refractivity contribution in [2.24, 2.45) is 0 Å². The average molecular weight is 266 g/mol. The Kier molecular flexibility index (Phi) is 4.90. The number of rotatable bonds is 5. The third-order valence-electron chi connectivity index (χ3n) is 3.35. The summed E-state index contributed by atoms with van der Waals surface area (Å²) < 4.78 is 4.88. The Labute approximate surface area is 113 Å². The first-order valence-corrected chi connectivity index (χ1v) is 7.03. The second-order valence-corrected chi connectivity index (χ2v) is 5.04. The van der Waals surface area contributed by atoms with Gasteiger partial charge in [0, 0.05) is 26.1 Å². The zero-order chi connectivity index (χ0) is 13.7. The number of carbonyl (C=O) groups excluding carboxylic acids is 1. The van der Waals surface area contributed by atoms with Crippen LogP contribution in [0, 0.1) is 6.92 Å². The van der Waals surface area contributed by atoms with Crippen LogP contribution in [0.1, 0.15) is 49.1 Å². The van der Waals surface area contributed by atoms with E-state index in [-0.39, 0.29) is 11.7 Å². The molecular weight excluding hydrogens is 244 g/mol. The van der Waals surface area contributed by atoms with E-state index >= 15 is 0 Å². The summed E-state index contributed by atoms with van der Waals surface area (Å²) in [5, 5.41) is 7.18. The molecule has 1 fully saturated rings. The van der Waals surface area contributed by atoms with Crippen LogP contribution in [-0.4, -0.2) is 46.6 Å². The monoisotopic (exact) mass is 266 g/mol. The highest BCUT2D eigenvalue weighted by molar-refractivity contribution is 5.90. The fraction of sp³-hybridized carbons (Fsp3) is 0.769. The topological polar surface area (TPSA) is 71.3 Å². The summed E-state index contributed by atoms with van der Waals surface area (Å²) in [5.74, 6) is 0.462. The number of aryl methyl sites for hydroxylation is 1. The Morgan fingerprint density at radius 2 is 2.37 bits per heavy atom. The Morgan fingerprint density at radius 3 is 2.95 bits per heavy atom. The van der Waals surface area contributed by atoms with Crippen LogP contribution in [0.15, 0.2) is 4.52 Å². The van der Waals surface area contributed by atoms with Crippen LogP contribution in [0.4, 0.5) is 0 Å². The van der Waals surface area contributed by atoms with Crippen molar-refractivity contribution < 1.29 is 9.32 Å². The fourth-order valence-corrected chi connectivity index (χ4v) is 2.42. The number of amides is 1. The molecule has 1 aromatic heterocycles. The molecule has 0 saturated carbocycles. The number of hydrogen-bond acceptors (Lipinski definition) is 5. The highest BCUT2D eigenvalue weighted by Crippen LogP contribution is 2.11. The fourth-order valence-electron chi connectivity index (χ4n) is 2.42. The van der Waals surface area contributed by atoms with Crippen molar-refractivity contribution >= 4 is 5.91 Å². The molecule has 106 valence electrons. The van der Waals surface area contributed by atoms with Gasteiger partial charge >= 0.3 is 0 Å². The lowest BCUT2D eigenvalue weighted by atomic mass is 10.0. The summed E-state index contributed by atoms with van der Waals surface area (Å²) in [6, 6.07) is 0.386. The van der Waals surface area contributed by atoms with Crippen LogP contribution in [-0.2, 0) is 0 Å². The third kappa shape index (κ3) is 3.76. The van der Waals surface area contributed by atoms with E-state index in [1.54, 1.807) is 6.92 Å². The highest BCUT2D eigenvalue weighted by atomic mass is 16.5. The number of piperidine rings is 1. The number of carbonyl (C=O) groups is 1. The maximum atomic E-state index is 12.3. The molecule has 1 unspecified atom stereocenters. The molecule has 1 N–H and O–H groups in total.